The Bertz CT molecular complexity index is 962. The van der Waals surface area contributed by atoms with Crippen molar-refractivity contribution in [3.63, 3.8) is 0 Å². The normalized spacial score (nSPS) is 11.0. The number of nitrogens with one attached hydrogen (secondary N) is 1. The van der Waals surface area contributed by atoms with E-state index in [1.807, 2.05) is 0 Å². The van der Waals surface area contributed by atoms with Crippen LogP contribution in [0.4, 0.5) is 21.5 Å². The van der Waals surface area contributed by atoms with Gasteiger partial charge in [-0.05, 0) is 30.7 Å². The van der Waals surface area contributed by atoms with Gasteiger partial charge in [0.2, 0.25) is 15.9 Å². The predicted molar refractivity (Wildman–Crippen MR) is 95.1 cm³/mol. The minimum absolute atomic E-state index is 0.00147. The van der Waals surface area contributed by atoms with E-state index < -0.39 is 33.2 Å². The molecule has 0 fully saturated rings. The number of aryl methyl sites for hydroxylation is 1. The van der Waals surface area contributed by atoms with Gasteiger partial charge in [0, 0.05) is 12.1 Å². The van der Waals surface area contributed by atoms with Crippen LogP contribution in [0, 0.1) is 22.9 Å². The molecule has 138 valence electrons. The van der Waals surface area contributed by atoms with Crippen molar-refractivity contribution in [2.45, 2.75) is 6.92 Å². The third-order valence-corrected chi connectivity index (χ3v) is 4.63. The number of carbonyl (C=O) groups is 1. The first-order valence-corrected chi connectivity index (χ1v) is 9.21. The number of hydrogen-bond donors (Lipinski definition) is 1. The van der Waals surface area contributed by atoms with E-state index in [-0.39, 0.29) is 17.1 Å². The zero-order chi connectivity index (χ0) is 19.5. The SMILES string of the molecule is Cc1ccc([N+](=O)[O-])cc1NC(=O)CN(c1cccc(F)c1)S(C)(=O)=O. The quantitative estimate of drug-likeness (QED) is 0.610. The van der Waals surface area contributed by atoms with Gasteiger partial charge in [-0.1, -0.05) is 12.1 Å². The number of nitro groups is 1. The number of carbonyl (C=O) groups excluding carboxylic acids is 1. The van der Waals surface area contributed by atoms with Crippen molar-refractivity contribution in [1.29, 1.82) is 0 Å². The second kappa shape index (κ2) is 7.48. The molecule has 10 heteroatoms. The van der Waals surface area contributed by atoms with Gasteiger partial charge in [0.15, 0.2) is 0 Å². The molecule has 0 aliphatic heterocycles. The summed E-state index contributed by atoms with van der Waals surface area (Å²) < 4.78 is 38.1. The molecule has 1 N–H and O–H groups in total. The number of non-ortho nitro benzene ring substituents is 1. The summed E-state index contributed by atoms with van der Waals surface area (Å²) in [5.74, 6) is -1.37. The van der Waals surface area contributed by atoms with Crippen LogP contribution >= 0.6 is 0 Å². The van der Waals surface area contributed by atoms with Crippen LogP contribution in [0.2, 0.25) is 0 Å². The van der Waals surface area contributed by atoms with Crippen LogP contribution in [0.5, 0.6) is 0 Å². The smallest absolute Gasteiger partial charge is 0.271 e. The fourth-order valence-corrected chi connectivity index (χ4v) is 3.06. The van der Waals surface area contributed by atoms with Crippen LogP contribution < -0.4 is 9.62 Å². The maximum absolute atomic E-state index is 13.4. The lowest BCUT2D eigenvalue weighted by molar-refractivity contribution is -0.384. The van der Waals surface area contributed by atoms with Gasteiger partial charge in [0.25, 0.3) is 5.69 Å². The van der Waals surface area contributed by atoms with E-state index in [1.165, 1.54) is 30.3 Å². The Labute approximate surface area is 149 Å². The number of rotatable bonds is 6. The molecular formula is C16H16FN3O5S. The van der Waals surface area contributed by atoms with Gasteiger partial charge < -0.3 is 5.32 Å². The van der Waals surface area contributed by atoms with E-state index in [4.69, 9.17) is 0 Å². The second-order valence-corrected chi connectivity index (χ2v) is 7.46. The van der Waals surface area contributed by atoms with Crippen molar-refractivity contribution >= 4 is 33.0 Å². The van der Waals surface area contributed by atoms with E-state index in [2.05, 4.69) is 5.32 Å². The average molecular weight is 381 g/mol. The molecule has 0 aliphatic carbocycles. The Morgan fingerprint density at radius 3 is 2.54 bits per heavy atom. The molecule has 2 aromatic carbocycles. The summed E-state index contributed by atoms with van der Waals surface area (Å²) in [4.78, 5) is 22.5. The highest BCUT2D eigenvalue weighted by atomic mass is 32.2. The highest BCUT2D eigenvalue weighted by Gasteiger charge is 2.22. The summed E-state index contributed by atoms with van der Waals surface area (Å²) in [6.07, 6.45) is 0.893. The third kappa shape index (κ3) is 4.76. The third-order valence-electron chi connectivity index (χ3n) is 3.49. The Balaban J connectivity index is 2.26. The van der Waals surface area contributed by atoms with Crippen LogP contribution in [0.1, 0.15) is 5.56 Å². The second-order valence-electron chi connectivity index (χ2n) is 5.55. The van der Waals surface area contributed by atoms with Gasteiger partial charge in [-0.3, -0.25) is 19.2 Å². The summed E-state index contributed by atoms with van der Waals surface area (Å²) >= 11 is 0. The van der Waals surface area contributed by atoms with Crippen LogP contribution in [0.25, 0.3) is 0 Å². The van der Waals surface area contributed by atoms with E-state index >= 15 is 0 Å². The number of nitrogens with zero attached hydrogens (tertiary/aromatic N) is 2. The lowest BCUT2D eigenvalue weighted by atomic mass is 10.2. The van der Waals surface area contributed by atoms with Gasteiger partial charge in [0.1, 0.15) is 12.4 Å². The number of amides is 1. The van der Waals surface area contributed by atoms with Gasteiger partial charge >= 0.3 is 0 Å². The lowest BCUT2D eigenvalue weighted by Crippen LogP contribution is -2.37. The summed E-state index contributed by atoms with van der Waals surface area (Å²) in [7, 11) is -3.86. The molecule has 2 aromatic rings. The standard InChI is InChI=1S/C16H16FN3O5S/c1-11-6-7-14(20(22)23)9-15(11)18-16(21)10-19(26(2,24)25)13-5-3-4-12(17)8-13/h3-9H,10H2,1-2H3,(H,18,21). The van der Waals surface area contributed by atoms with Crippen LogP contribution in [-0.2, 0) is 14.8 Å². The summed E-state index contributed by atoms with van der Waals surface area (Å²) in [5.41, 5.74) is 0.548. The lowest BCUT2D eigenvalue weighted by Gasteiger charge is -2.22. The molecule has 0 radical (unpaired) electrons. The zero-order valence-corrected chi connectivity index (χ0v) is 14.8. The summed E-state index contributed by atoms with van der Waals surface area (Å²) in [5, 5.41) is 13.3. The fourth-order valence-electron chi connectivity index (χ4n) is 2.21. The molecule has 0 spiro atoms. The zero-order valence-electron chi connectivity index (χ0n) is 14.0. The first kappa shape index (κ1) is 19.3. The van der Waals surface area contributed by atoms with Crippen molar-refractivity contribution in [2.24, 2.45) is 0 Å². The minimum atomic E-state index is -3.86. The topological polar surface area (TPSA) is 110 Å². The van der Waals surface area contributed by atoms with E-state index in [0.29, 0.717) is 5.56 Å². The first-order chi connectivity index (χ1) is 12.1. The average Bonchev–Trinajstić information content (AvgIpc) is 2.53. The fraction of sp³-hybridized carbons (Fsp3) is 0.188. The number of halogens is 1. The van der Waals surface area contributed by atoms with Crippen LogP contribution in [-0.4, -0.2) is 32.0 Å². The molecule has 0 atom stereocenters. The van der Waals surface area contributed by atoms with E-state index in [9.17, 15) is 27.7 Å². The first-order valence-electron chi connectivity index (χ1n) is 7.36. The van der Waals surface area contributed by atoms with E-state index in [1.54, 1.807) is 6.92 Å². The predicted octanol–water partition coefficient (Wildman–Crippen LogP) is 2.45. The maximum atomic E-state index is 13.4. The van der Waals surface area contributed by atoms with Crippen molar-refractivity contribution < 1.29 is 22.5 Å². The Hall–Kier alpha value is -3.01. The Kier molecular flexibility index (Phi) is 5.56. The van der Waals surface area contributed by atoms with Crippen LogP contribution in [0.3, 0.4) is 0 Å². The monoisotopic (exact) mass is 381 g/mol. The Morgan fingerprint density at radius 2 is 1.96 bits per heavy atom. The largest absolute Gasteiger partial charge is 0.324 e. The van der Waals surface area contributed by atoms with E-state index in [0.717, 1.165) is 22.7 Å². The number of nitro benzene ring substituents is 1. The van der Waals surface area contributed by atoms with Crippen molar-refractivity contribution in [3.8, 4) is 0 Å². The van der Waals surface area contributed by atoms with Gasteiger partial charge in [0.05, 0.1) is 22.6 Å². The van der Waals surface area contributed by atoms with Crippen molar-refractivity contribution in [2.75, 3.05) is 22.4 Å². The number of benzene rings is 2. The van der Waals surface area contributed by atoms with Gasteiger partial charge in [-0.25, -0.2) is 12.8 Å². The molecule has 8 nitrogen and oxygen atoms in total. The molecule has 0 unspecified atom stereocenters. The molecule has 0 saturated carbocycles. The Morgan fingerprint density at radius 1 is 1.27 bits per heavy atom. The molecule has 26 heavy (non-hydrogen) atoms. The molecule has 0 heterocycles. The maximum Gasteiger partial charge on any atom is 0.271 e. The summed E-state index contributed by atoms with van der Waals surface area (Å²) in [6.45, 7) is 1.03. The van der Waals surface area contributed by atoms with Gasteiger partial charge in [-0.15, -0.1) is 0 Å². The van der Waals surface area contributed by atoms with Crippen LogP contribution in [0.15, 0.2) is 42.5 Å². The molecular weight excluding hydrogens is 365 g/mol. The molecule has 2 rings (SSSR count). The molecule has 0 aliphatic rings. The molecule has 1 amide bonds. The number of sulfonamides is 1. The highest BCUT2D eigenvalue weighted by molar-refractivity contribution is 7.92. The highest BCUT2D eigenvalue weighted by Crippen LogP contribution is 2.23. The molecule has 0 aromatic heterocycles. The number of hydrogen-bond acceptors (Lipinski definition) is 5. The van der Waals surface area contributed by atoms with Gasteiger partial charge in [-0.2, -0.15) is 0 Å². The minimum Gasteiger partial charge on any atom is -0.324 e. The summed E-state index contributed by atoms with van der Waals surface area (Å²) in [6, 6.07) is 8.76. The number of anilines is 2. The van der Waals surface area contributed by atoms with Crippen molar-refractivity contribution in [1.82, 2.24) is 0 Å². The molecule has 0 bridgehead atoms. The van der Waals surface area contributed by atoms with Crippen molar-refractivity contribution in [3.05, 3.63) is 64.0 Å². The molecule has 0 saturated heterocycles.